The van der Waals surface area contributed by atoms with Gasteiger partial charge in [-0.15, -0.1) is 0 Å². The molecule has 4 N–H and O–H groups in total. The van der Waals surface area contributed by atoms with Crippen molar-refractivity contribution in [3.05, 3.63) is 35.5 Å². The third-order valence-corrected chi connectivity index (χ3v) is 8.04. The molecule has 15 heteroatoms. The number of benzene rings is 1. The first-order chi connectivity index (χ1) is 19.3. The number of amides is 1. The average molecular weight is 600 g/mol. The quantitative estimate of drug-likeness (QED) is 0.342. The van der Waals surface area contributed by atoms with Crippen LogP contribution < -0.4 is 25.4 Å². The second kappa shape index (κ2) is 12.8. The van der Waals surface area contributed by atoms with Gasteiger partial charge in [0.15, 0.2) is 0 Å². The predicted octanol–water partition coefficient (Wildman–Crippen LogP) is 3.34. The van der Waals surface area contributed by atoms with E-state index in [2.05, 4.69) is 35.5 Å². The number of piperidine rings is 1. The van der Waals surface area contributed by atoms with E-state index in [9.17, 15) is 26.4 Å². The van der Waals surface area contributed by atoms with Gasteiger partial charge in [-0.05, 0) is 64.0 Å². The SMILES string of the molecule is COc1cc(C(=O)NC2CCN(C)CC2)ccc1Nc1ncc(C(F)(F)F)c(NC2CCCC[C@H]2NS(C)(=O)=O)n1. The average Bonchev–Trinajstić information content (AvgIpc) is 2.90. The van der Waals surface area contributed by atoms with Gasteiger partial charge in [0.25, 0.3) is 5.91 Å². The molecule has 1 amide bonds. The number of anilines is 3. The normalized spacial score (nSPS) is 20.8. The van der Waals surface area contributed by atoms with Crippen LogP contribution in [0.3, 0.4) is 0 Å². The zero-order valence-corrected chi connectivity index (χ0v) is 24.0. The summed E-state index contributed by atoms with van der Waals surface area (Å²) in [4.78, 5) is 23.0. The number of aromatic nitrogens is 2. The Morgan fingerprint density at radius 1 is 1.10 bits per heavy atom. The number of carbonyl (C=O) groups excluding carboxylic acids is 1. The molecule has 1 saturated heterocycles. The minimum Gasteiger partial charge on any atom is -0.495 e. The summed E-state index contributed by atoms with van der Waals surface area (Å²) in [5.74, 6) is -0.559. The van der Waals surface area contributed by atoms with E-state index >= 15 is 0 Å². The summed E-state index contributed by atoms with van der Waals surface area (Å²) in [7, 11) is -0.113. The van der Waals surface area contributed by atoms with Gasteiger partial charge in [-0.2, -0.15) is 18.2 Å². The van der Waals surface area contributed by atoms with Gasteiger partial charge in [0.05, 0.1) is 19.1 Å². The van der Waals surface area contributed by atoms with Gasteiger partial charge in [-0.25, -0.2) is 18.1 Å². The molecule has 1 aliphatic heterocycles. The van der Waals surface area contributed by atoms with Gasteiger partial charge in [0.2, 0.25) is 16.0 Å². The fraction of sp³-hybridized carbons (Fsp3) is 0.577. The highest BCUT2D eigenvalue weighted by atomic mass is 32.2. The van der Waals surface area contributed by atoms with Crippen molar-refractivity contribution in [3.8, 4) is 5.75 Å². The first kappa shape index (κ1) is 30.8. The molecule has 0 bridgehead atoms. The first-order valence-corrected chi connectivity index (χ1v) is 15.3. The van der Waals surface area contributed by atoms with Crippen molar-refractivity contribution in [2.24, 2.45) is 0 Å². The molecule has 2 aliphatic rings. The molecule has 2 aromatic rings. The zero-order chi connectivity index (χ0) is 29.8. The van der Waals surface area contributed by atoms with Crippen LogP contribution in [0.4, 0.5) is 30.6 Å². The highest BCUT2D eigenvalue weighted by Crippen LogP contribution is 2.36. The predicted molar refractivity (Wildman–Crippen MR) is 149 cm³/mol. The van der Waals surface area contributed by atoms with Gasteiger partial charge in [-0.1, -0.05) is 12.8 Å². The molecule has 0 radical (unpaired) electrons. The maximum absolute atomic E-state index is 13.8. The number of hydrogen-bond donors (Lipinski definition) is 4. The standard InChI is InChI=1S/C26H36F3N7O4S/c1-36-12-10-17(11-13-36)31-24(37)16-8-9-21(22(14-16)40-2)33-25-30-15-18(26(27,28)29)23(34-25)32-19-6-4-5-7-20(19)35-41(3,38)39/h8-9,14-15,17,19-20,35H,4-7,10-13H2,1-3H3,(H,31,37)(H2,30,32,33,34)/t19?,20-/m1/s1. The monoisotopic (exact) mass is 599 g/mol. The summed E-state index contributed by atoms with van der Waals surface area (Å²) >= 11 is 0. The van der Waals surface area contributed by atoms with Crippen LogP contribution in [0.5, 0.6) is 5.75 Å². The van der Waals surface area contributed by atoms with Gasteiger partial charge >= 0.3 is 6.18 Å². The Morgan fingerprint density at radius 2 is 1.78 bits per heavy atom. The van der Waals surface area contributed by atoms with Crippen LogP contribution in [-0.2, 0) is 16.2 Å². The summed E-state index contributed by atoms with van der Waals surface area (Å²) in [5.41, 5.74) is -0.341. The highest BCUT2D eigenvalue weighted by molar-refractivity contribution is 7.88. The van der Waals surface area contributed by atoms with E-state index in [0.29, 0.717) is 30.3 Å². The lowest BCUT2D eigenvalue weighted by atomic mass is 9.91. The fourth-order valence-corrected chi connectivity index (χ4v) is 5.96. The van der Waals surface area contributed by atoms with Gasteiger partial charge in [-0.3, -0.25) is 4.79 Å². The topological polar surface area (TPSA) is 138 Å². The van der Waals surface area contributed by atoms with E-state index in [0.717, 1.165) is 45.0 Å². The van der Waals surface area contributed by atoms with Crippen LogP contribution in [0.2, 0.25) is 0 Å². The lowest BCUT2D eigenvalue weighted by Gasteiger charge is -2.33. The Bertz CT molecular complexity index is 1330. The molecule has 1 aromatic heterocycles. The summed E-state index contributed by atoms with van der Waals surface area (Å²) in [5, 5.41) is 8.74. The summed E-state index contributed by atoms with van der Waals surface area (Å²) < 4.78 is 73.1. The Morgan fingerprint density at radius 3 is 2.41 bits per heavy atom. The van der Waals surface area contributed by atoms with Crippen molar-refractivity contribution in [3.63, 3.8) is 0 Å². The molecule has 41 heavy (non-hydrogen) atoms. The van der Waals surface area contributed by atoms with Crippen molar-refractivity contribution < 1.29 is 31.1 Å². The maximum atomic E-state index is 13.8. The van der Waals surface area contributed by atoms with Gasteiger partial charge in [0.1, 0.15) is 17.1 Å². The number of carbonyl (C=O) groups is 1. The Labute approximate surface area is 237 Å². The number of methoxy groups -OCH3 is 1. The Kier molecular flexibility index (Phi) is 9.59. The van der Waals surface area contributed by atoms with Crippen LogP contribution >= 0.6 is 0 Å². The fourth-order valence-electron chi connectivity index (χ4n) is 5.13. The Hall–Kier alpha value is -3.17. The van der Waals surface area contributed by atoms with Crippen molar-refractivity contribution in [1.29, 1.82) is 0 Å². The minimum atomic E-state index is -4.74. The number of halogens is 3. The summed E-state index contributed by atoms with van der Waals surface area (Å²) in [6.07, 6.45) is 1.09. The van der Waals surface area contributed by atoms with Crippen molar-refractivity contribution in [1.82, 2.24) is 24.9 Å². The largest absolute Gasteiger partial charge is 0.495 e. The lowest BCUT2D eigenvalue weighted by molar-refractivity contribution is -0.137. The van der Waals surface area contributed by atoms with Crippen LogP contribution in [0.1, 0.15) is 54.4 Å². The Balaban J connectivity index is 1.54. The highest BCUT2D eigenvalue weighted by Gasteiger charge is 2.37. The zero-order valence-electron chi connectivity index (χ0n) is 23.2. The molecule has 1 unspecified atom stereocenters. The number of sulfonamides is 1. The molecule has 2 fully saturated rings. The molecule has 4 rings (SSSR count). The van der Waals surface area contributed by atoms with Crippen molar-refractivity contribution >= 4 is 33.4 Å². The smallest absolute Gasteiger partial charge is 0.421 e. The second-order valence-electron chi connectivity index (χ2n) is 10.6. The minimum absolute atomic E-state index is 0.0744. The molecule has 11 nitrogen and oxygen atoms in total. The number of nitrogens with one attached hydrogen (secondary N) is 4. The molecule has 0 spiro atoms. The van der Waals surface area contributed by atoms with E-state index in [1.807, 2.05) is 7.05 Å². The van der Waals surface area contributed by atoms with Crippen LogP contribution in [-0.4, -0.2) is 80.8 Å². The van der Waals surface area contributed by atoms with Gasteiger partial charge in [0, 0.05) is 29.9 Å². The summed E-state index contributed by atoms with van der Waals surface area (Å²) in [6.45, 7) is 1.80. The van der Waals surface area contributed by atoms with E-state index in [-0.39, 0.29) is 23.6 Å². The number of hydrogen-bond acceptors (Lipinski definition) is 9. The molecule has 1 aromatic carbocycles. The van der Waals surface area contributed by atoms with Crippen LogP contribution in [0, 0.1) is 0 Å². The molecule has 2 heterocycles. The third-order valence-electron chi connectivity index (χ3n) is 7.31. The molecule has 1 saturated carbocycles. The second-order valence-corrected chi connectivity index (χ2v) is 12.4. The van der Waals surface area contributed by atoms with E-state index in [1.165, 1.54) is 7.11 Å². The van der Waals surface area contributed by atoms with E-state index in [4.69, 9.17) is 4.74 Å². The number of likely N-dealkylation sites (tertiary alicyclic amines) is 1. The summed E-state index contributed by atoms with van der Waals surface area (Å²) in [6, 6.07) is 3.59. The number of alkyl halides is 3. The molecule has 226 valence electrons. The van der Waals surface area contributed by atoms with Crippen molar-refractivity contribution in [2.45, 2.75) is 62.8 Å². The van der Waals surface area contributed by atoms with Crippen molar-refractivity contribution in [2.75, 3.05) is 44.1 Å². The molecular weight excluding hydrogens is 563 g/mol. The van der Waals surface area contributed by atoms with E-state index in [1.54, 1.807) is 18.2 Å². The van der Waals surface area contributed by atoms with Crippen LogP contribution in [0.25, 0.3) is 0 Å². The van der Waals surface area contributed by atoms with E-state index < -0.39 is 39.7 Å². The number of nitrogens with zero attached hydrogens (tertiary/aromatic N) is 3. The molecular formula is C26H36F3N7O4S. The lowest BCUT2D eigenvalue weighted by Crippen LogP contribution is -2.48. The molecule has 2 atom stereocenters. The first-order valence-electron chi connectivity index (χ1n) is 13.4. The van der Waals surface area contributed by atoms with Gasteiger partial charge < -0.3 is 25.6 Å². The van der Waals surface area contributed by atoms with Crippen LogP contribution in [0.15, 0.2) is 24.4 Å². The number of rotatable bonds is 9. The molecule has 1 aliphatic carbocycles. The third kappa shape index (κ3) is 8.42. The maximum Gasteiger partial charge on any atom is 0.421 e. The number of ether oxygens (including phenoxy) is 1.